The molecule has 0 unspecified atom stereocenters. The topological polar surface area (TPSA) is 67.8 Å². The van der Waals surface area contributed by atoms with Crippen LogP contribution in [0.25, 0.3) is 0 Å². The molecule has 0 spiro atoms. The van der Waals surface area contributed by atoms with Crippen LogP contribution >= 0.6 is 0 Å². The van der Waals surface area contributed by atoms with Gasteiger partial charge in [-0.3, -0.25) is 4.79 Å². The summed E-state index contributed by atoms with van der Waals surface area (Å²) in [7, 11) is 3.95. The lowest BCUT2D eigenvalue weighted by Gasteiger charge is -2.34. The number of rotatable bonds is 4. The van der Waals surface area contributed by atoms with Gasteiger partial charge in [0.1, 0.15) is 5.69 Å². The van der Waals surface area contributed by atoms with E-state index in [4.69, 9.17) is 4.98 Å². The highest BCUT2D eigenvalue weighted by molar-refractivity contribution is 5.98. The molecule has 2 aliphatic rings. The average molecular weight is 458 g/mol. The largest absolute Gasteiger partial charge is 0.369 e. The number of para-hydroxylation sites is 1. The Labute approximate surface area is 200 Å². The Bertz CT molecular complexity index is 1180. The highest BCUT2D eigenvalue weighted by atomic mass is 16.2. The first kappa shape index (κ1) is 22.2. The second kappa shape index (κ2) is 9.30. The summed E-state index contributed by atoms with van der Waals surface area (Å²) in [5.41, 5.74) is 5.07. The second-order valence-electron chi connectivity index (χ2n) is 9.01. The fourth-order valence-electron chi connectivity index (χ4n) is 4.51. The monoisotopic (exact) mass is 457 g/mol. The molecular weight excluding hydrogens is 426 g/mol. The van der Waals surface area contributed by atoms with Crippen LogP contribution in [0.2, 0.25) is 0 Å². The molecule has 1 saturated heterocycles. The fraction of sp³-hybridized carbons (Fsp3) is 0.346. The first-order valence-corrected chi connectivity index (χ1v) is 11.8. The van der Waals surface area contributed by atoms with Crippen LogP contribution in [0.15, 0.2) is 54.7 Å². The number of carbonyl (C=O) groups is 1. The summed E-state index contributed by atoms with van der Waals surface area (Å²) < 4.78 is 0. The van der Waals surface area contributed by atoms with E-state index in [2.05, 4.69) is 57.2 Å². The van der Waals surface area contributed by atoms with Crippen molar-refractivity contribution < 1.29 is 4.79 Å². The van der Waals surface area contributed by atoms with Crippen molar-refractivity contribution in [2.45, 2.75) is 13.3 Å². The van der Waals surface area contributed by atoms with Crippen molar-refractivity contribution in [1.29, 1.82) is 0 Å². The molecule has 0 radical (unpaired) electrons. The lowest BCUT2D eigenvalue weighted by Crippen LogP contribution is -2.44. The van der Waals surface area contributed by atoms with Crippen LogP contribution in [0, 0.1) is 6.92 Å². The van der Waals surface area contributed by atoms with Crippen LogP contribution in [0.4, 0.5) is 34.5 Å². The number of nitrogens with one attached hydrogen (secondary N) is 1. The van der Waals surface area contributed by atoms with Gasteiger partial charge in [-0.25, -0.2) is 4.98 Å². The molecule has 0 aliphatic carbocycles. The number of hydrogen-bond donors (Lipinski definition) is 1. The van der Waals surface area contributed by atoms with E-state index >= 15 is 0 Å². The smallest absolute Gasteiger partial charge is 0.229 e. The average Bonchev–Trinajstić information content (AvgIpc) is 2.97. The predicted octanol–water partition coefficient (Wildman–Crippen LogP) is 3.79. The Morgan fingerprint density at radius 2 is 1.68 bits per heavy atom. The third kappa shape index (κ3) is 4.41. The van der Waals surface area contributed by atoms with E-state index in [9.17, 15) is 4.79 Å². The van der Waals surface area contributed by atoms with Gasteiger partial charge >= 0.3 is 0 Å². The summed E-state index contributed by atoms with van der Waals surface area (Å²) in [6.45, 7) is 6.91. The van der Waals surface area contributed by atoms with Crippen LogP contribution in [0.3, 0.4) is 0 Å². The number of nitrogens with zero attached hydrogens (tertiary/aromatic N) is 6. The first-order valence-electron chi connectivity index (χ1n) is 11.8. The SMILES string of the molecule is Cc1cc(N2CCN(C)CC2)ccc1Nc1ncc2c(n1)N(c1ccccc1)CCC(=O)N2C. The molecule has 0 bridgehead atoms. The van der Waals surface area contributed by atoms with Gasteiger partial charge in [-0.1, -0.05) is 18.2 Å². The van der Waals surface area contributed by atoms with Gasteiger partial charge in [0.15, 0.2) is 5.82 Å². The number of fused-ring (bicyclic) bond motifs is 1. The molecule has 3 aromatic rings. The number of aromatic nitrogens is 2. The quantitative estimate of drug-likeness (QED) is 0.639. The molecule has 5 rings (SSSR count). The summed E-state index contributed by atoms with van der Waals surface area (Å²) in [5, 5.41) is 3.40. The Morgan fingerprint density at radius 3 is 2.41 bits per heavy atom. The van der Waals surface area contributed by atoms with Gasteiger partial charge in [0.2, 0.25) is 11.9 Å². The minimum Gasteiger partial charge on any atom is -0.369 e. The van der Waals surface area contributed by atoms with Crippen LogP contribution in [0.5, 0.6) is 0 Å². The van der Waals surface area contributed by atoms with Crippen molar-refractivity contribution in [3.05, 3.63) is 60.3 Å². The number of likely N-dealkylation sites (N-methyl/N-ethyl adjacent to an activating group) is 1. The number of amides is 1. The molecule has 1 N–H and O–H groups in total. The minimum absolute atomic E-state index is 0.0549. The Hall–Kier alpha value is -3.65. The van der Waals surface area contributed by atoms with E-state index in [1.54, 1.807) is 18.1 Å². The Morgan fingerprint density at radius 1 is 0.912 bits per heavy atom. The van der Waals surface area contributed by atoms with Crippen molar-refractivity contribution in [2.75, 3.05) is 66.8 Å². The van der Waals surface area contributed by atoms with Gasteiger partial charge in [0.25, 0.3) is 0 Å². The zero-order valence-electron chi connectivity index (χ0n) is 20.0. The van der Waals surface area contributed by atoms with Gasteiger partial charge in [0.05, 0.1) is 6.20 Å². The van der Waals surface area contributed by atoms with Gasteiger partial charge < -0.3 is 24.9 Å². The van der Waals surface area contributed by atoms with Crippen LogP contribution in [-0.2, 0) is 4.79 Å². The van der Waals surface area contributed by atoms with E-state index in [-0.39, 0.29) is 5.91 Å². The Kier molecular flexibility index (Phi) is 6.06. The molecule has 2 aliphatic heterocycles. The second-order valence-corrected chi connectivity index (χ2v) is 9.01. The molecule has 1 fully saturated rings. The van der Waals surface area contributed by atoms with Crippen LogP contribution in [0.1, 0.15) is 12.0 Å². The lowest BCUT2D eigenvalue weighted by molar-refractivity contribution is -0.118. The van der Waals surface area contributed by atoms with E-state index in [0.717, 1.165) is 48.9 Å². The molecule has 0 atom stereocenters. The van der Waals surface area contributed by atoms with E-state index in [1.807, 2.05) is 30.3 Å². The molecule has 8 nitrogen and oxygen atoms in total. The van der Waals surface area contributed by atoms with Gasteiger partial charge in [0, 0.05) is 63.3 Å². The summed E-state index contributed by atoms with van der Waals surface area (Å²) >= 11 is 0. The zero-order valence-corrected chi connectivity index (χ0v) is 20.0. The van der Waals surface area contributed by atoms with Crippen LogP contribution in [-0.4, -0.2) is 67.6 Å². The number of piperazine rings is 1. The molecule has 1 amide bonds. The van der Waals surface area contributed by atoms with E-state index in [1.165, 1.54) is 5.69 Å². The molecular formula is C26H31N7O. The number of anilines is 6. The Balaban J connectivity index is 1.43. The maximum Gasteiger partial charge on any atom is 0.229 e. The van der Waals surface area contributed by atoms with Crippen molar-refractivity contribution in [3.63, 3.8) is 0 Å². The molecule has 0 saturated carbocycles. The predicted molar refractivity (Wildman–Crippen MR) is 138 cm³/mol. The maximum atomic E-state index is 12.6. The van der Waals surface area contributed by atoms with Crippen molar-refractivity contribution >= 4 is 40.4 Å². The molecule has 3 heterocycles. The van der Waals surface area contributed by atoms with E-state index < -0.39 is 0 Å². The minimum atomic E-state index is 0.0549. The standard InChI is InChI=1S/C26H31N7O/c1-19-17-21(32-15-13-30(2)14-16-32)9-10-22(19)28-26-27-18-23-25(29-26)33(12-11-24(34)31(23)3)20-7-5-4-6-8-20/h4-10,17-18H,11-16H2,1-3H3,(H,27,28,29). The highest BCUT2D eigenvalue weighted by Gasteiger charge is 2.27. The normalized spacial score (nSPS) is 16.9. The third-order valence-corrected chi connectivity index (χ3v) is 6.68. The molecule has 2 aromatic carbocycles. The third-order valence-electron chi connectivity index (χ3n) is 6.68. The van der Waals surface area contributed by atoms with Crippen LogP contribution < -0.4 is 20.0 Å². The number of aryl methyl sites for hydroxylation is 1. The molecule has 8 heteroatoms. The number of carbonyl (C=O) groups excluding carboxylic acids is 1. The van der Waals surface area contributed by atoms with Crippen molar-refractivity contribution in [1.82, 2.24) is 14.9 Å². The van der Waals surface area contributed by atoms with E-state index in [0.29, 0.717) is 24.6 Å². The fourth-order valence-corrected chi connectivity index (χ4v) is 4.51. The number of benzene rings is 2. The summed E-state index contributed by atoms with van der Waals surface area (Å²) in [6, 6.07) is 16.5. The summed E-state index contributed by atoms with van der Waals surface area (Å²) in [5.74, 6) is 1.29. The molecule has 1 aromatic heterocycles. The highest BCUT2D eigenvalue weighted by Crippen LogP contribution is 2.36. The molecule has 34 heavy (non-hydrogen) atoms. The molecule has 176 valence electrons. The van der Waals surface area contributed by atoms with Gasteiger partial charge in [-0.05, 0) is 49.9 Å². The van der Waals surface area contributed by atoms with Crippen molar-refractivity contribution in [2.24, 2.45) is 0 Å². The summed E-state index contributed by atoms with van der Waals surface area (Å²) in [4.78, 5) is 30.5. The number of hydrogen-bond acceptors (Lipinski definition) is 7. The zero-order chi connectivity index (χ0) is 23.7. The maximum absolute atomic E-state index is 12.6. The lowest BCUT2D eigenvalue weighted by atomic mass is 10.1. The van der Waals surface area contributed by atoms with Gasteiger partial charge in [-0.15, -0.1) is 0 Å². The summed E-state index contributed by atoms with van der Waals surface area (Å²) in [6.07, 6.45) is 2.15. The first-order chi connectivity index (χ1) is 16.5. The van der Waals surface area contributed by atoms with Crippen molar-refractivity contribution in [3.8, 4) is 0 Å². The van der Waals surface area contributed by atoms with Gasteiger partial charge in [-0.2, -0.15) is 4.98 Å².